The summed E-state index contributed by atoms with van der Waals surface area (Å²) in [6.45, 7) is -0.173. The van der Waals surface area contributed by atoms with Crippen molar-refractivity contribution in [3.63, 3.8) is 0 Å². The third-order valence-corrected chi connectivity index (χ3v) is 3.66. The lowest BCUT2D eigenvalue weighted by molar-refractivity contribution is -0.140. The van der Waals surface area contributed by atoms with E-state index in [-0.39, 0.29) is 18.2 Å². The second-order valence-corrected chi connectivity index (χ2v) is 5.13. The standard InChI is InChI=1S/C13H15N5O4S/c1-21-10-6-4-3-5-9(10)18-13(15-16-17-18)23-8-11(19)14-7-12(20)22-2/h3-6H,7-8H2,1-2H3,(H,14,19). The van der Waals surface area contributed by atoms with Crippen molar-refractivity contribution in [2.75, 3.05) is 26.5 Å². The van der Waals surface area contributed by atoms with E-state index in [0.29, 0.717) is 16.6 Å². The van der Waals surface area contributed by atoms with Crippen LogP contribution >= 0.6 is 11.8 Å². The molecule has 1 amide bonds. The minimum atomic E-state index is -0.512. The number of para-hydroxylation sites is 2. The van der Waals surface area contributed by atoms with E-state index >= 15 is 0 Å². The topological polar surface area (TPSA) is 108 Å². The van der Waals surface area contributed by atoms with Crippen LogP contribution in [-0.2, 0) is 14.3 Å². The zero-order chi connectivity index (χ0) is 16.7. The molecule has 0 aliphatic carbocycles. The predicted molar refractivity (Wildman–Crippen MR) is 81.5 cm³/mol. The van der Waals surface area contributed by atoms with Crippen LogP contribution < -0.4 is 10.1 Å². The second kappa shape index (κ2) is 8.13. The fraction of sp³-hybridized carbons (Fsp3) is 0.308. The summed E-state index contributed by atoms with van der Waals surface area (Å²) in [7, 11) is 2.81. The van der Waals surface area contributed by atoms with Crippen molar-refractivity contribution in [3.05, 3.63) is 24.3 Å². The number of thioether (sulfide) groups is 1. The van der Waals surface area contributed by atoms with E-state index in [4.69, 9.17) is 4.74 Å². The van der Waals surface area contributed by atoms with Crippen LogP contribution in [-0.4, -0.2) is 58.6 Å². The Bertz CT molecular complexity index is 691. The fourth-order valence-corrected chi connectivity index (χ4v) is 2.36. The first-order valence-electron chi connectivity index (χ1n) is 6.53. The molecule has 10 heteroatoms. The molecule has 2 aromatic rings. The van der Waals surface area contributed by atoms with Crippen LogP contribution in [0.15, 0.2) is 29.4 Å². The van der Waals surface area contributed by atoms with Gasteiger partial charge in [0.05, 0.1) is 20.0 Å². The number of benzene rings is 1. The molecule has 2 rings (SSSR count). The Hall–Kier alpha value is -2.62. The summed E-state index contributed by atoms with van der Waals surface area (Å²) in [4.78, 5) is 22.7. The van der Waals surface area contributed by atoms with Crippen molar-refractivity contribution >= 4 is 23.6 Å². The number of rotatable bonds is 7. The number of ether oxygens (including phenoxy) is 2. The Kier molecular flexibility index (Phi) is 5.92. The van der Waals surface area contributed by atoms with Gasteiger partial charge in [0.25, 0.3) is 0 Å². The highest BCUT2D eigenvalue weighted by atomic mass is 32.2. The van der Waals surface area contributed by atoms with Gasteiger partial charge in [-0.1, -0.05) is 23.9 Å². The number of hydrogen-bond donors (Lipinski definition) is 1. The van der Waals surface area contributed by atoms with Gasteiger partial charge in [-0.05, 0) is 22.6 Å². The molecule has 1 aromatic heterocycles. The van der Waals surface area contributed by atoms with Gasteiger partial charge in [0.1, 0.15) is 18.0 Å². The van der Waals surface area contributed by atoms with Crippen LogP contribution in [0.3, 0.4) is 0 Å². The van der Waals surface area contributed by atoms with Gasteiger partial charge >= 0.3 is 5.97 Å². The molecule has 1 aromatic carbocycles. The molecule has 0 radical (unpaired) electrons. The van der Waals surface area contributed by atoms with Gasteiger partial charge in [-0.3, -0.25) is 9.59 Å². The van der Waals surface area contributed by atoms with Gasteiger partial charge < -0.3 is 14.8 Å². The van der Waals surface area contributed by atoms with Gasteiger partial charge in [-0.2, -0.15) is 4.68 Å². The van der Waals surface area contributed by atoms with E-state index in [9.17, 15) is 9.59 Å². The number of tetrazole rings is 1. The third-order valence-electron chi connectivity index (χ3n) is 2.74. The van der Waals surface area contributed by atoms with E-state index < -0.39 is 5.97 Å². The van der Waals surface area contributed by atoms with Gasteiger partial charge in [-0.15, -0.1) is 5.10 Å². The maximum atomic E-state index is 11.7. The molecule has 0 fully saturated rings. The lowest BCUT2D eigenvalue weighted by Crippen LogP contribution is -2.31. The summed E-state index contributed by atoms with van der Waals surface area (Å²) in [6.07, 6.45) is 0. The molecule has 0 unspecified atom stereocenters. The molecule has 23 heavy (non-hydrogen) atoms. The van der Waals surface area contributed by atoms with Crippen LogP contribution in [0.4, 0.5) is 0 Å². The minimum absolute atomic E-state index is 0.0620. The van der Waals surface area contributed by atoms with E-state index in [1.165, 1.54) is 11.8 Å². The quantitative estimate of drug-likeness (QED) is 0.558. The molecule has 122 valence electrons. The van der Waals surface area contributed by atoms with Crippen molar-refractivity contribution in [1.29, 1.82) is 0 Å². The highest BCUT2D eigenvalue weighted by Gasteiger charge is 2.14. The van der Waals surface area contributed by atoms with E-state index in [2.05, 4.69) is 25.6 Å². The van der Waals surface area contributed by atoms with Gasteiger partial charge in [0, 0.05) is 0 Å². The molecule has 0 spiro atoms. The molecule has 1 N–H and O–H groups in total. The summed E-state index contributed by atoms with van der Waals surface area (Å²) in [5, 5.41) is 14.3. The normalized spacial score (nSPS) is 10.2. The zero-order valence-corrected chi connectivity index (χ0v) is 13.4. The average molecular weight is 337 g/mol. The summed E-state index contributed by atoms with van der Waals surface area (Å²) in [5.41, 5.74) is 0.664. The zero-order valence-electron chi connectivity index (χ0n) is 12.6. The molecule has 0 saturated carbocycles. The SMILES string of the molecule is COC(=O)CNC(=O)CSc1nnnn1-c1ccccc1OC. The molecule has 0 aliphatic rings. The van der Waals surface area contributed by atoms with Crippen molar-refractivity contribution in [2.24, 2.45) is 0 Å². The van der Waals surface area contributed by atoms with Gasteiger partial charge in [0.15, 0.2) is 0 Å². The summed E-state index contributed by atoms with van der Waals surface area (Å²) in [6, 6.07) is 7.25. The molecule has 1 heterocycles. The predicted octanol–water partition coefficient (Wildman–Crippen LogP) is 0.0522. The molecular weight excluding hydrogens is 322 g/mol. The van der Waals surface area contributed by atoms with Crippen LogP contribution in [0.1, 0.15) is 0 Å². The number of amides is 1. The largest absolute Gasteiger partial charge is 0.494 e. The van der Waals surface area contributed by atoms with Crippen LogP contribution in [0.2, 0.25) is 0 Å². The molecule has 0 saturated heterocycles. The number of methoxy groups -OCH3 is 2. The first-order chi connectivity index (χ1) is 11.2. The average Bonchev–Trinajstić information content (AvgIpc) is 3.06. The first-order valence-corrected chi connectivity index (χ1v) is 7.52. The number of carbonyl (C=O) groups is 2. The molecule has 0 aliphatic heterocycles. The van der Waals surface area contributed by atoms with E-state index in [0.717, 1.165) is 11.8 Å². The van der Waals surface area contributed by atoms with Crippen LogP contribution in [0.25, 0.3) is 5.69 Å². The number of nitrogens with zero attached hydrogens (tertiary/aromatic N) is 4. The third kappa shape index (κ3) is 4.42. The number of aromatic nitrogens is 4. The number of carbonyl (C=O) groups excluding carboxylic acids is 2. The molecular formula is C13H15N5O4S. The smallest absolute Gasteiger partial charge is 0.325 e. The summed E-state index contributed by atoms with van der Waals surface area (Å²) >= 11 is 1.14. The first kappa shape index (κ1) is 16.7. The molecule has 0 bridgehead atoms. The number of nitrogens with one attached hydrogen (secondary N) is 1. The second-order valence-electron chi connectivity index (χ2n) is 4.19. The van der Waals surface area contributed by atoms with Crippen molar-refractivity contribution in [3.8, 4) is 11.4 Å². The van der Waals surface area contributed by atoms with Gasteiger partial charge in [0.2, 0.25) is 11.1 Å². The lowest BCUT2D eigenvalue weighted by Gasteiger charge is -2.08. The highest BCUT2D eigenvalue weighted by Crippen LogP contribution is 2.25. The van der Waals surface area contributed by atoms with Crippen molar-refractivity contribution in [2.45, 2.75) is 5.16 Å². The number of esters is 1. The van der Waals surface area contributed by atoms with Crippen molar-refractivity contribution < 1.29 is 19.1 Å². The fourth-order valence-electron chi connectivity index (χ4n) is 1.65. The Balaban J connectivity index is 2.02. The molecule has 0 atom stereocenters. The Morgan fingerprint density at radius 1 is 1.30 bits per heavy atom. The van der Waals surface area contributed by atoms with Crippen molar-refractivity contribution in [1.82, 2.24) is 25.5 Å². The highest BCUT2D eigenvalue weighted by molar-refractivity contribution is 7.99. The molecule has 9 nitrogen and oxygen atoms in total. The van der Waals surface area contributed by atoms with E-state index in [1.807, 2.05) is 12.1 Å². The van der Waals surface area contributed by atoms with Crippen LogP contribution in [0.5, 0.6) is 5.75 Å². The minimum Gasteiger partial charge on any atom is -0.494 e. The Morgan fingerprint density at radius 3 is 2.83 bits per heavy atom. The maximum absolute atomic E-state index is 11.7. The van der Waals surface area contributed by atoms with Gasteiger partial charge in [-0.25, -0.2) is 0 Å². The Labute approximate surface area is 136 Å². The summed E-state index contributed by atoms with van der Waals surface area (Å²) in [5.74, 6) is -0.166. The lowest BCUT2D eigenvalue weighted by atomic mass is 10.3. The summed E-state index contributed by atoms with van der Waals surface area (Å²) < 4.78 is 11.2. The monoisotopic (exact) mass is 337 g/mol. The van der Waals surface area contributed by atoms with Crippen LogP contribution in [0, 0.1) is 0 Å². The van der Waals surface area contributed by atoms with E-state index in [1.54, 1.807) is 19.2 Å². The number of hydrogen-bond acceptors (Lipinski definition) is 8. The Morgan fingerprint density at radius 2 is 2.09 bits per heavy atom. The maximum Gasteiger partial charge on any atom is 0.325 e.